The van der Waals surface area contributed by atoms with Crippen LogP contribution in [0.2, 0.25) is 0 Å². The van der Waals surface area contributed by atoms with Crippen LogP contribution in [0.25, 0.3) is 28.0 Å². The predicted octanol–water partition coefficient (Wildman–Crippen LogP) is 7.27. The fourth-order valence-electron chi connectivity index (χ4n) is 3.51. The molecule has 0 radical (unpaired) electrons. The average Bonchev–Trinajstić information content (AvgIpc) is 2.64. The summed E-state index contributed by atoms with van der Waals surface area (Å²) >= 11 is 0. The van der Waals surface area contributed by atoms with Crippen LogP contribution in [-0.4, -0.2) is 0 Å². The van der Waals surface area contributed by atoms with Gasteiger partial charge >= 0.3 is 0 Å². The Balaban J connectivity index is 2.02. The highest BCUT2D eigenvalue weighted by Crippen LogP contribution is 2.33. The van der Waals surface area contributed by atoms with E-state index in [2.05, 4.69) is 74.2 Å². The summed E-state index contributed by atoms with van der Waals surface area (Å²) in [5, 5.41) is 2.60. The lowest BCUT2D eigenvalue weighted by molar-refractivity contribution is 0.666. The van der Waals surface area contributed by atoms with E-state index in [0.717, 1.165) is 6.42 Å². The first-order valence-electron chi connectivity index (χ1n) is 9.07. The molecule has 3 rings (SSSR count). The molecule has 0 aliphatic heterocycles. The van der Waals surface area contributed by atoms with Gasteiger partial charge in [0.15, 0.2) is 0 Å². The molecule has 0 spiro atoms. The Morgan fingerprint density at radius 2 is 1.54 bits per heavy atom. The number of hydrogen-bond donors (Lipinski definition) is 0. The summed E-state index contributed by atoms with van der Waals surface area (Å²) in [6.45, 7) is 6.36. The quantitative estimate of drug-likeness (QED) is 0.402. The number of rotatable bonds is 7. The second-order valence-electron chi connectivity index (χ2n) is 6.42. The van der Waals surface area contributed by atoms with Crippen LogP contribution >= 0.6 is 0 Å². The fraction of sp³-hybridized carbons (Fsp3) is 0.250. The molecule has 0 aliphatic rings. The van der Waals surface area contributed by atoms with E-state index in [1.807, 2.05) is 6.08 Å². The molecule has 0 heterocycles. The topological polar surface area (TPSA) is 0 Å². The second-order valence-corrected chi connectivity index (χ2v) is 6.42. The van der Waals surface area contributed by atoms with Gasteiger partial charge in [0.05, 0.1) is 0 Å². The summed E-state index contributed by atoms with van der Waals surface area (Å²) in [4.78, 5) is 0. The van der Waals surface area contributed by atoms with Crippen LogP contribution in [0.4, 0.5) is 0 Å². The lowest BCUT2D eigenvalue weighted by atomic mass is 9.90. The standard InChI is InChI=1S/C24H26/c1-3-5-6-7-12-19-14-10-17-23(21(19)4-2)24-18-11-15-20-13-8-9-16-22(20)24/h4,8-11,13-18H,2-3,5-7,12H2,1H3. The van der Waals surface area contributed by atoms with Crippen LogP contribution in [-0.2, 0) is 6.42 Å². The number of unbranched alkanes of at least 4 members (excludes halogenated alkanes) is 3. The highest BCUT2D eigenvalue weighted by atomic mass is 14.1. The van der Waals surface area contributed by atoms with Gasteiger partial charge in [-0.25, -0.2) is 0 Å². The van der Waals surface area contributed by atoms with E-state index in [0.29, 0.717) is 0 Å². The van der Waals surface area contributed by atoms with E-state index in [9.17, 15) is 0 Å². The van der Waals surface area contributed by atoms with Gasteiger partial charge in [-0.05, 0) is 45.9 Å². The first kappa shape index (κ1) is 16.5. The Bertz CT molecular complexity index is 821. The zero-order valence-electron chi connectivity index (χ0n) is 14.6. The minimum absolute atomic E-state index is 1.14. The molecular weight excluding hydrogens is 288 g/mol. The number of fused-ring (bicyclic) bond motifs is 1. The molecule has 3 aromatic carbocycles. The van der Waals surface area contributed by atoms with Crippen molar-refractivity contribution in [3.05, 3.63) is 78.4 Å². The first-order valence-corrected chi connectivity index (χ1v) is 9.07. The maximum Gasteiger partial charge on any atom is -0.00993 e. The van der Waals surface area contributed by atoms with Crippen molar-refractivity contribution in [1.82, 2.24) is 0 Å². The molecule has 0 amide bonds. The summed E-state index contributed by atoms with van der Waals surface area (Å²) in [7, 11) is 0. The summed E-state index contributed by atoms with van der Waals surface area (Å²) in [5.41, 5.74) is 5.32. The minimum Gasteiger partial charge on any atom is -0.0984 e. The van der Waals surface area contributed by atoms with Crippen molar-refractivity contribution >= 4 is 16.8 Å². The van der Waals surface area contributed by atoms with Crippen molar-refractivity contribution in [2.45, 2.75) is 39.0 Å². The van der Waals surface area contributed by atoms with Crippen LogP contribution in [0.5, 0.6) is 0 Å². The van der Waals surface area contributed by atoms with Gasteiger partial charge in [-0.3, -0.25) is 0 Å². The highest BCUT2D eigenvalue weighted by molar-refractivity contribution is 5.98. The van der Waals surface area contributed by atoms with E-state index >= 15 is 0 Å². The van der Waals surface area contributed by atoms with E-state index < -0.39 is 0 Å². The Morgan fingerprint density at radius 3 is 2.38 bits per heavy atom. The Hall–Kier alpha value is -2.34. The maximum absolute atomic E-state index is 4.10. The van der Waals surface area contributed by atoms with Gasteiger partial charge in [0.25, 0.3) is 0 Å². The lowest BCUT2D eigenvalue weighted by Gasteiger charge is -2.14. The van der Waals surface area contributed by atoms with Crippen LogP contribution in [0.15, 0.2) is 67.2 Å². The first-order chi connectivity index (χ1) is 11.8. The minimum atomic E-state index is 1.14. The van der Waals surface area contributed by atoms with Crippen LogP contribution < -0.4 is 0 Å². The van der Waals surface area contributed by atoms with E-state index in [1.165, 1.54) is 58.7 Å². The SMILES string of the molecule is C=Cc1c(CCCCCC)cccc1-c1cccc2ccccc12. The Labute approximate surface area is 145 Å². The molecule has 0 aliphatic carbocycles. The molecule has 122 valence electrons. The molecule has 3 aromatic rings. The molecule has 0 atom stereocenters. The molecule has 0 aromatic heterocycles. The second kappa shape index (κ2) is 7.97. The number of hydrogen-bond acceptors (Lipinski definition) is 0. The molecule has 0 nitrogen and oxygen atoms in total. The lowest BCUT2D eigenvalue weighted by Crippen LogP contribution is -1.94. The third kappa shape index (κ3) is 3.43. The molecule has 0 bridgehead atoms. The van der Waals surface area contributed by atoms with Crippen molar-refractivity contribution < 1.29 is 0 Å². The van der Waals surface area contributed by atoms with Gasteiger partial charge < -0.3 is 0 Å². The normalized spacial score (nSPS) is 10.9. The molecule has 0 saturated heterocycles. The molecular formula is C24H26. The van der Waals surface area contributed by atoms with Gasteiger partial charge in [0, 0.05) is 0 Å². The fourth-order valence-corrected chi connectivity index (χ4v) is 3.51. The van der Waals surface area contributed by atoms with E-state index in [-0.39, 0.29) is 0 Å². The summed E-state index contributed by atoms with van der Waals surface area (Å²) in [6, 6.07) is 21.9. The predicted molar refractivity (Wildman–Crippen MR) is 107 cm³/mol. The molecule has 24 heavy (non-hydrogen) atoms. The molecule has 0 saturated carbocycles. The largest absolute Gasteiger partial charge is 0.0984 e. The number of aryl methyl sites for hydroxylation is 1. The Morgan fingerprint density at radius 1 is 0.792 bits per heavy atom. The summed E-state index contributed by atoms with van der Waals surface area (Å²) in [5.74, 6) is 0. The van der Waals surface area contributed by atoms with Crippen molar-refractivity contribution in [3.8, 4) is 11.1 Å². The van der Waals surface area contributed by atoms with Gasteiger partial charge in [-0.1, -0.05) is 99.5 Å². The zero-order valence-corrected chi connectivity index (χ0v) is 14.6. The zero-order chi connectivity index (χ0) is 16.8. The third-order valence-electron chi connectivity index (χ3n) is 4.78. The van der Waals surface area contributed by atoms with Gasteiger partial charge in [-0.2, -0.15) is 0 Å². The van der Waals surface area contributed by atoms with Crippen molar-refractivity contribution in [2.75, 3.05) is 0 Å². The third-order valence-corrected chi connectivity index (χ3v) is 4.78. The maximum atomic E-state index is 4.10. The molecule has 0 heteroatoms. The molecule has 0 unspecified atom stereocenters. The van der Waals surface area contributed by atoms with Crippen LogP contribution in [0.1, 0.15) is 43.7 Å². The van der Waals surface area contributed by atoms with Gasteiger partial charge in [-0.15, -0.1) is 0 Å². The molecule has 0 fully saturated rings. The van der Waals surface area contributed by atoms with Crippen molar-refractivity contribution in [3.63, 3.8) is 0 Å². The highest BCUT2D eigenvalue weighted by Gasteiger charge is 2.10. The van der Waals surface area contributed by atoms with E-state index in [1.54, 1.807) is 0 Å². The van der Waals surface area contributed by atoms with Crippen molar-refractivity contribution in [1.29, 1.82) is 0 Å². The van der Waals surface area contributed by atoms with Crippen LogP contribution in [0, 0.1) is 0 Å². The van der Waals surface area contributed by atoms with Crippen LogP contribution in [0.3, 0.4) is 0 Å². The molecule has 0 N–H and O–H groups in total. The summed E-state index contributed by atoms with van der Waals surface area (Å²) in [6.07, 6.45) is 8.35. The number of benzene rings is 3. The average molecular weight is 314 g/mol. The smallest absolute Gasteiger partial charge is 0.00993 e. The van der Waals surface area contributed by atoms with E-state index in [4.69, 9.17) is 0 Å². The Kier molecular flexibility index (Phi) is 5.48. The summed E-state index contributed by atoms with van der Waals surface area (Å²) < 4.78 is 0. The van der Waals surface area contributed by atoms with Gasteiger partial charge in [0.2, 0.25) is 0 Å². The monoisotopic (exact) mass is 314 g/mol. The van der Waals surface area contributed by atoms with Gasteiger partial charge in [0.1, 0.15) is 0 Å². The van der Waals surface area contributed by atoms with Crippen molar-refractivity contribution in [2.24, 2.45) is 0 Å².